The van der Waals surface area contributed by atoms with E-state index in [9.17, 15) is 9.59 Å². The fraction of sp³-hybridized carbons (Fsp3) is 0.167. The molecule has 0 unspecified atom stereocenters. The summed E-state index contributed by atoms with van der Waals surface area (Å²) in [6, 6.07) is 5.42. The first-order valence-corrected chi connectivity index (χ1v) is 5.91. The number of amides is 1. The maximum absolute atomic E-state index is 11.7. The van der Waals surface area contributed by atoms with E-state index < -0.39 is 5.97 Å². The second kappa shape index (κ2) is 4.71. The number of rotatable bonds is 2. The van der Waals surface area contributed by atoms with Gasteiger partial charge in [0.2, 0.25) is 0 Å². The Bertz CT molecular complexity index is 522. The van der Waals surface area contributed by atoms with Crippen molar-refractivity contribution in [2.45, 2.75) is 6.92 Å². The van der Waals surface area contributed by atoms with E-state index >= 15 is 0 Å². The summed E-state index contributed by atoms with van der Waals surface area (Å²) < 4.78 is 5.56. The molecule has 1 aliphatic heterocycles. The molecule has 88 valence electrons. The molecule has 4 nitrogen and oxygen atoms in total. The van der Waals surface area contributed by atoms with Crippen LogP contribution < -0.4 is 5.32 Å². The molecule has 0 saturated carbocycles. The highest BCUT2D eigenvalue weighted by Gasteiger charge is 2.27. The normalized spacial score (nSPS) is 15.6. The molecule has 17 heavy (non-hydrogen) atoms. The summed E-state index contributed by atoms with van der Waals surface area (Å²) in [5.74, 6) is -0.804. The maximum Gasteiger partial charge on any atom is 0.331 e. The third kappa shape index (κ3) is 2.24. The molecule has 0 bridgehead atoms. The van der Waals surface area contributed by atoms with Crippen LogP contribution in [0, 0.1) is 0 Å². The van der Waals surface area contributed by atoms with Gasteiger partial charge in [-0.25, -0.2) is 4.79 Å². The molecule has 5 heteroatoms. The Hall–Kier alpha value is -1.62. The summed E-state index contributed by atoms with van der Waals surface area (Å²) in [5.41, 5.74) is 1.72. The number of halogens is 1. The smallest absolute Gasteiger partial charge is 0.331 e. The second-order valence-corrected chi connectivity index (χ2v) is 4.28. The number of esters is 1. The van der Waals surface area contributed by atoms with Gasteiger partial charge in [-0.1, -0.05) is 22.0 Å². The van der Waals surface area contributed by atoms with Gasteiger partial charge in [0.15, 0.2) is 0 Å². The van der Waals surface area contributed by atoms with Crippen LogP contribution in [0.4, 0.5) is 5.69 Å². The van der Waals surface area contributed by atoms with Crippen molar-refractivity contribution in [1.82, 2.24) is 0 Å². The lowest BCUT2D eigenvalue weighted by molar-refractivity contribution is -0.137. The van der Waals surface area contributed by atoms with Crippen molar-refractivity contribution in [3.05, 3.63) is 34.3 Å². The molecule has 2 rings (SSSR count). The number of hydrogen-bond acceptors (Lipinski definition) is 3. The van der Waals surface area contributed by atoms with Gasteiger partial charge in [0.25, 0.3) is 5.91 Å². The van der Waals surface area contributed by atoms with Gasteiger partial charge in [0, 0.05) is 16.1 Å². The van der Waals surface area contributed by atoms with Crippen LogP contribution >= 0.6 is 15.9 Å². The summed E-state index contributed by atoms with van der Waals surface area (Å²) in [4.78, 5) is 23.1. The zero-order valence-corrected chi connectivity index (χ0v) is 10.7. The van der Waals surface area contributed by atoms with Gasteiger partial charge in [-0.05, 0) is 19.1 Å². The largest absolute Gasteiger partial charge is 0.463 e. The van der Waals surface area contributed by atoms with E-state index in [1.807, 2.05) is 12.1 Å². The van der Waals surface area contributed by atoms with Crippen molar-refractivity contribution in [3.8, 4) is 0 Å². The van der Waals surface area contributed by atoms with E-state index in [4.69, 9.17) is 4.74 Å². The third-order valence-corrected chi connectivity index (χ3v) is 2.99. The molecule has 0 spiro atoms. The lowest BCUT2D eigenvalue weighted by atomic mass is 10.1. The average molecular weight is 296 g/mol. The van der Waals surface area contributed by atoms with E-state index in [0.29, 0.717) is 16.8 Å². The van der Waals surface area contributed by atoms with Gasteiger partial charge in [0.1, 0.15) is 0 Å². The molecule has 1 amide bonds. The third-order valence-electron chi connectivity index (χ3n) is 2.32. The fourth-order valence-electron chi connectivity index (χ4n) is 1.64. The number of ether oxygens (including phenoxy) is 1. The first-order chi connectivity index (χ1) is 8.13. The van der Waals surface area contributed by atoms with Crippen LogP contribution in [0.1, 0.15) is 12.5 Å². The first-order valence-electron chi connectivity index (χ1n) is 5.12. The van der Waals surface area contributed by atoms with E-state index in [1.165, 1.54) is 6.08 Å². The molecule has 0 saturated heterocycles. The zero-order chi connectivity index (χ0) is 12.4. The predicted octanol–water partition coefficient (Wildman–Crippen LogP) is 2.35. The summed E-state index contributed by atoms with van der Waals surface area (Å²) in [7, 11) is 0. The molecule has 1 aromatic rings. The minimum Gasteiger partial charge on any atom is -0.463 e. The summed E-state index contributed by atoms with van der Waals surface area (Å²) in [6.07, 6.45) is 1.22. The fourth-order valence-corrected chi connectivity index (χ4v) is 2.22. The van der Waals surface area contributed by atoms with Gasteiger partial charge in [0.05, 0.1) is 17.9 Å². The van der Waals surface area contributed by atoms with Gasteiger partial charge >= 0.3 is 5.97 Å². The molecule has 0 aromatic heterocycles. The van der Waals surface area contributed by atoms with Crippen LogP contribution in [0.25, 0.3) is 5.57 Å². The van der Waals surface area contributed by atoms with Crippen LogP contribution in [-0.4, -0.2) is 18.5 Å². The highest BCUT2D eigenvalue weighted by Crippen LogP contribution is 2.37. The van der Waals surface area contributed by atoms with E-state index in [0.717, 1.165) is 4.47 Å². The van der Waals surface area contributed by atoms with E-state index in [-0.39, 0.29) is 12.5 Å². The molecule has 1 aromatic carbocycles. The lowest BCUT2D eigenvalue weighted by Crippen LogP contribution is -2.07. The number of carbonyl (C=O) groups excluding carboxylic acids is 2. The molecule has 1 aliphatic rings. The molecular formula is C12H10BrNO3. The molecule has 0 fully saturated rings. The SMILES string of the molecule is CCOC(=O)/C=C1/C(=O)Nc2cccc(Br)c21. The Balaban J connectivity index is 2.44. The Morgan fingerprint density at radius 2 is 2.29 bits per heavy atom. The summed E-state index contributed by atoms with van der Waals surface area (Å²) >= 11 is 3.36. The summed E-state index contributed by atoms with van der Waals surface area (Å²) in [5, 5.41) is 2.69. The van der Waals surface area contributed by atoms with Crippen LogP contribution in [0.15, 0.2) is 28.7 Å². The number of fused-ring (bicyclic) bond motifs is 1. The van der Waals surface area contributed by atoms with Crippen LogP contribution in [0.3, 0.4) is 0 Å². The zero-order valence-electron chi connectivity index (χ0n) is 9.12. The molecule has 0 atom stereocenters. The summed E-state index contributed by atoms with van der Waals surface area (Å²) in [6.45, 7) is 2.00. The molecule has 1 N–H and O–H groups in total. The highest BCUT2D eigenvalue weighted by molar-refractivity contribution is 9.10. The van der Waals surface area contributed by atoms with Gasteiger partial charge < -0.3 is 10.1 Å². The van der Waals surface area contributed by atoms with Crippen LogP contribution in [0.2, 0.25) is 0 Å². The average Bonchev–Trinajstić information content (AvgIpc) is 2.57. The first kappa shape index (κ1) is 11.9. The Kier molecular flexibility index (Phi) is 3.28. The molecule has 1 heterocycles. The molecule has 0 aliphatic carbocycles. The lowest BCUT2D eigenvalue weighted by Gasteiger charge is -2.01. The highest BCUT2D eigenvalue weighted by atomic mass is 79.9. The van der Waals surface area contributed by atoms with Crippen molar-refractivity contribution in [1.29, 1.82) is 0 Å². The quantitative estimate of drug-likeness (QED) is 0.673. The van der Waals surface area contributed by atoms with Gasteiger partial charge in [-0.3, -0.25) is 4.79 Å². The van der Waals surface area contributed by atoms with Crippen molar-refractivity contribution in [2.24, 2.45) is 0 Å². The molecular weight excluding hydrogens is 286 g/mol. The van der Waals surface area contributed by atoms with Crippen LogP contribution in [0.5, 0.6) is 0 Å². The van der Waals surface area contributed by atoms with E-state index in [1.54, 1.807) is 13.0 Å². The minimum atomic E-state index is -0.513. The van der Waals surface area contributed by atoms with Crippen molar-refractivity contribution in [3.63, 3.8) is 0 Å². The number of nitrogens with one attached hydrogen (secondary N) is 1. The second-order valence-electron chi connectivity index (χ2n) is 3.43. The monoisotopic (exact) mass is 295 g/mol. The van der Waals surface area contributed by atoms with Crippen molar-refractivity contribution >= 4 is 39.1 Å². The standard InChI is InChI=1S/C12H10BrNO3/c1-2-17-10(15)6-7-11-8(13)4-3-5-9(11)14-12(7)16/h3-6H,2H2,1H3,(H,14,16)/b7-6+. The Morgan fingerprint density at radius 1 is 1.53 bits per heavy atom. The Morgan fingerprint density at radius 3 is 3.00 bits per heavy atom. The number of hydrogen-bond donors (Lipinski definition) is 1. The van der Waals surface area contributed by atoms with E-state index in [2.05, 4.69) is 21.2 Å². The van der Waals surface area contributed by atoms with Crippen molar-refractivity contribution < 1.29 is 14.3 Å². The van der Waals surface area contributed by atoms with Crippen molar-refractivity contribution in [2.75, 3.05) is 11.9 Å². The number of anilines is 1. The van der Waals surface area contributed by atoms with Crippen LogP contribution in [-0.2, 0) is 14.3 Å². The minimum absolute atomic E-state index is 0.285. The number of benzene rings is 1. The maximum atomic E-state index is 11.7. The number of carbonyl (C=O) groups is 2. The molecule has 0 radical (unpaired) electrons. The predicted molar refractivity (Wildman–Crippen MR) is 67.4 cm³/mol. The van der Waals surface area contributed by atoms with Gasteiger partial charge in [-0.2, -0.15) is 0 Å². The van der Waals surface area contributed by atoms with Gasteiger partial charge in [-0.15, -0.1) is 0 Å². The topological polar surface area (TPSA) is 55.4 Å². The Labute approximate surface area is 107 Å².